The van der Waals surface area contributed by atoms with Crippen molar-refractivity contribution in [3.05, 3.63) is 70.7 Å². The third-order valence-electron chi connectivity index (χ3n) is 4.59. The number of fused-ring (bicyclic) bond motifs is 1. The molecular weight excluding hydrogens is 342 g/mol. The predicted molar refractivity (Wildman–Crippen MR) is 103 cm³/mol. The van der Waals surface area contributed by atoms with Gasteiger partial charge in [0.15, 0.2) is 0 Å². The van der Waals surface area contributed by atoms with Crippen LogP contribution in [0.25, 0.3) is 16.3 Å². The molecule has 2 aromatic carbocycles. The number of carbonyl (C=O) groups excluding carboxylic acids is 1. The van der Waals surface area contributed by atoms with Crippen molar-refractivity contribution in [1.82, 2.24) is 9.88 Å². The lowest BCUT2D eigenvalue weighted by Crippen LogP contribution is -2.28. The molecule has 0 bridgehead atoms. The number of hydrogen-bond acceptors (Lipinski definition) is 4. The van der Waals surface area contributed by atoms with Crippen LogP contribution in [0.4, 0.5) is 0 Å². The maximum absolute atomic E-state index is 12.7. The molecule has 1 aromatic heterocycles. The second-order valence-electron chi connectivity index (χ2n) is 6.28. The van der Waals surface area contributed by atoms with Gasteiger partial charge in [0.2, 0.25) is 5.91 Å². The number of nitrogens with zero attached hydrogens (tertiary/aromatic N) is 3. The second kappa shape index (κ2) is 7.11. The Kier molecular flexibility index (Phi) is 4.51. The normalized spacial score (nSPS) is 17.0. The molecule has 0 spiro atoms. The highest BCUT2D eigenvalue weighted by molar-refractivity contribution is 7.18. The number of para-hydroxylation sites is 1. The first-order valence-electron chi connectivity index (χ1n) is 8.59. The average Bonchev–Trinajstić information content (AvgIpc) is 3.32. The Morgan fingerprint density at radius 2 is 2.04 bits per heavy atom. The van der Waals surface area contributed by atoms with E-state index in [-0.39, 0.29) is 11.9 Å². The molecule has 1 fully saturated rings. The Balaban J connectivity index is 1.52. The van der Waals surface area contributed by atoms with Gasteiger partial charge in [-0.05, 0) is 48.7 Å². The van der Waals surface area contributed by atoms with Crippen LogP contribution in [0.5, 0.6) is 0 Å². The average molecular weight is 359 g/mol. The molecule has 1 saturated heterocycles. The van der Waals surface area contributed by atoms with E-state index in [4.69, 9.17) is 10.2 Å². The van der Waals surface area contributed by atoms with Crippen molar-refractivity contribution >= 4 is 33.5 Å². The molecule has 1 atom stereocenters. The van der Waals surface area contributed by atoms with Gasteiger partial charge in [-0.3, -0.25) is 4.79 Å². The minimum atomic E-state index is 0.0103. The third-order valence-corrected chi connectivity index (χ3v) is 5.73. The highest BCUT2D eigenvalue weighted by atomic mass is 32.1. The standard InChI is InChI=1S/C21H17N3OS/c22-14-16-9-7-15(8-10-16)11-12-20(25)24-13-3-5-18(24)21-23-17-4-1-2-6-19(17)26-21/h1-2,4,6-12,18H,3,5,13H2/b12-11-/t18-/m0/s1. The van der Waals surface area contributed by atoms with Crippen molar-refractivity contribution < 1.29 is 4.79 Å². The van der Waals surface area contributed by atoms with Gasteiger partial charge in [0.25, 0.3) is 0 Å². The van der Waals surface area contributed by atoms with Gasteiger partial charge < -0.3 is 4.90 Å². The fourth-order valence-electron chi connectivity index (χ4n) is 3.25. The van der Waals surface area contributed by atoms with Gasteiger partial charge >= 0.3 is 0 Å². The van der Waals surface area contributed by atoms with E-state index in [9.17, 15) is 4.79 Å². The maximum Gasteiger partial charge on any atom is 0.247 e. The van der Waals surface area contributed by atoms with Crippen LogP contribution < -0.4 is 0 Å². The summed E-state index contributed by atoms with van der Waals surface area (Å²) < 4.78 is 1.16. The van der Waals surface area contributed by atoms with Crippen LogP contribution in [0.3, 0.4) is 0 Å². The first-order chi connectivity index (χ1) is 12.7. The minimum absolute atomic E-state index is 0.0103. The van der Waals surface area contributed by atoms with Crippen LogP contribution in [0, 0.1) is 11.3 Å². The Morgan fingerprint density at radius 3 is 2.81 bits per heavy atom. The van der Waals surface area contributed by atoms with Crippen molar-refractivity contribution in [1.29, 1.82) is 5.26 Å². The minimum Gasteiger partial charge on any atom is -0.330 e. The van der Waals surface area contributed by atoms with Gasteiger partial charge in [-0.15, -0.1) is 11.3 Å². The van der Waals surface area contributed by atoms with E-state index < -0.39 is 0 Å². The number of likely N-dealkylation sites (tertiary alicyclic amines) is 1. The number of hydrogen-bond donors (Lipinski definition) is 0. The van der Waals surface area contributed by atoms with Crippen LogP contribution in [-0.2, 0) is 4.79 Å². The van der Waals surface area contributed by atoms with Crippen molar-refractivity contribution in [2.75, 3.05) is 6.54 Å². The summed E-state index contributed by atoms with van der Waals surface area (Å²) in [6.45, 7) is 0.761. The van der Waals surface area contributed by atoms with Crippen LogP contribution in [0.2, 0.25) is 0 Å². The SMILES string of the molecule is N#Cc1ccc(/C=C\C(=O)N2CCC[C@H]2c2nc3ccccc3s2)cc1. The van der Waals surface area contributed by atoms with E-state index in [0.29, 0.717) is 5.56 Å². The molecule has 1 aliphatic heterocycles. The molecule has 0 saturated carbocycles. The zero-order valence-electron chi connectivity index (χ0n) is 14.1. The fraction of sp³-hybridized carbons (Fsp3) is 0.190. The Hall–Kier alpha value is -2.97. The molecule has 128 valence electrons. The van der Waals surface area contributed by atoms with E-state index in [1.54, 1.807) is 35.6 Å². The molecule has 1 aliphatic rings. The largest absolute Gasteiger partial charge is 0.330 e. The molecule has 5 heteroatoms. The molecule has 0 aliphatic carbocycles. The van der Waals surface area contributed by atoms with Gasteiger partial charge in [0.05, 0.1) is 27.9 Å². The summed E-state index contributed by atoms with van der Waals surface area (Å²) in [6, 6.07) is 17.4. The Bertz CT molecular complexity index is 981. The summed E-state index contributed by atoms with van der Waals surface area (Å²) in [7, 11) is 0. The number of nitriles is 1. The summed E-state index contributed by atoms with van der Waals surface area (Å²) in [5.41, 5.74) is 2.52. The highest BCUT2D eigenvalue weighted by Gasteiger charge is 2.31. The van der Waals surface area contributed by atoms with Gasteiger partial charge in [-0.2, -0.15) is 5.26 Å². The van der Waals surface area contributed by atoms with Crippen LogP contribution in [-0.4, -0.2) is 22.3 Å². The zero-order valence-corrected chi connectivity index (χ0v) is 14.9. The summed E-state index contributed by atoms with van der Waals surface area (Å²) in [5, 5.41) is 9.86. The van der Waals surface area contributed by atoms with Crippen LogP contribution in [0.1, 0.15) is 35.0 Å². The number of rotatable bonds is 3. The van der Waals surface area contributed by atoms with E-state index >= 15 is 0 Å². The zero-order chi connectivity index (χ0) is 17.9. The molecular formula is C21H17N3OS. The number of benzene rings is 2. The quantitative estimate of drug-likeness (QED) is 0.645. The maximum atomic E-state index is 12.7. The molecule has 4 nitrogen and oxygen atoms in total. The first-order valence-corrected chi connectivity index (χ1v) is 9.40. The highest BCUT2D eigenvalue weighted by Crippen LogP contribution is 2.36. The monoisotopic (exact) mass is 359 g/mol. The number of carbonyl (C=O) groups is 1. The molecule has 0 unspecified atom stereocenters. The molecule has 0 radical (unpaired) electrons. The number of amides is 1. The van der Waals surface area contributed by atoms with Gasteiger partial charge in [0.1, 0.15) is 5.01 Å². The van der Waals surface area contributed by atoms with Gasteiger partial charge in [0, 0.05) is 12.6 Å². The van der Waals surface area contributed by atoms with Crippen LogP contribution in [0.15, 0.2) is 54.6 Å². The molecule has 2 heterocycles. The van der Waals surface area contributed by atoms with E-state index in [2.05, 4.69) is 12.1 Å². The van der Waals surface area contributed by atoms with E-state index in [0.717, 1.165) is 40.2 Å². The molecule has 3 aromatic rings. The number of thiazole rings is 1. The van der Waals surface area contributed by atoms with Gasteiger partial charge in [-0.1, -0.05) is 24.3 Å². The predicted octanol–water partition coefficient (Wildman–Crippen LogP) is 4.54. The van der Waals surface area contributed by atoms with Crippen molar-refractivity contribution in [2.24, 2.45) is 0 Å². The first kappa shape index (κ1) is 16.5. The van der Waals surface area contributed by atoms with E-state index in [1.165, 1.54) is 0 Å². The van der Waals surface area contributed by atoms with Crippen molar-refractivity contribution in [3.8, 4) is 6.07 Å². The summed E-state index contributed by atoms with van der Waals surface area (Å²) >= 11 is 1.67. The van der Waals surface area contributed by atoms with Crippen LogP contribution >= 0.6 is 11.3 Å². The summed E-state index contributed by atoms with van der Waals surface area (Å²) in [5.74, 6) is 0.0103. The second-order valence-corrected chi connectivity index (χ2v) is 7.34. The molecule has 26 heavy (non-hydrogen) atoms. The summed E-state index contributed by atoms with van der Waals surface area (Å²) in [4.78, 5) is 19.4. The smallest absolute Gasteiger partial charge is 0.247 e. The van der Waals surface area contributed by atoms with E-state index in [1.807, 2.05) is 35.2 Å². The molecule has 0 N–H and O–H groups in total. The summed E-state index contributed by atoms with van der Waals surface area (Å²) in [6.07, 6.45) is 5.37. The lowest BCUT2D eigenvalue weighted by atomic mass is 10.1. The molecule has 4 rings (SSSR count). The molecule has 1 amide bonds. The van der Waals surface area contributed by atoms with Gasteiger partial charge in [-0.25, -0.2) is 4.98 Å². The Morgan fingerprint density at radius 1 is 1.23 bits per heavy atom. The lowest BCUT2D eigenvalue weighted by Gasteiger charge is -2.21. The third kappa shape index (κ3) is 3.24. The Labute approximate surface area is 156 Å². The van der Waals surface area contributed by atoms with Crippen molar-refractivity contribution in [2.45, 2.75) is 18.9 Å². The fourth-order valence-corrected chi connectivity index (χ4v) is 4.37. The number of aromatic nitrogens is 1. The topological polar surface area (TPSA) is 57.0 Å². The lowest BCUT2D eigenvalue weighted by molar-refractivity contribution is -0.126. The van der Waals surface area contributed by atoms with Crippen molar-refractivity contribution in [3.63, 3.8) is 0 Å².